The molecule has 120 valence electrons. The molecule has 0 unspecified atom stereocenters. The van der Waals surface area contributed by atoms with Crippen molar-refractivity contribution in [1.29, 1.82) is 0 Å². The Kier molecular flexibility index (Phi) is 7.87. The molecule has 1 aromatic heterocycles. The Morgan fingerprint density at radius 2 is 2.05 bits per heavy atom. The largest absolute Gasteiger partial charge is 0.494 e. The van der Waals surface area contributed by atoms with Crippen molar-refractivity contribution < 1.29 is 9.53 Å². The number of halogens is 1. The fraction of sp³-hybridized carbons (Fsp3) is 0.333. The first-order valence-corrected chi connectivity index (χ1v) is 7.74. The van der Waals surface area contributed by atoms with Crippen molar-refractivity contribution in [2.45, 2.75) is 13.3 Å². The van der Waals surface area contributed by atoms with Gasteiger partial charge in [-0.1, -0.05) is 0 Å². The summed E-state index contributed by atoms with van der Waals surface area (Å²) >= 11 is 1.43. The molecule has 0 saturated heterocycles. The Morgan fingerprint density at radius 3 is 2.68 bits per heavy atom. The van der Waals surface area contributed by atoms with Crippen LogP contribution in [0, 0.1) is 0 Å². The summed E-state index contributed by atoms with van der Waals surface area (Å²) in [5.41, 5.74) is 1.86. The zero-order valence-corrected chi connectivity index (χ0v) is 14.2. The quantitative estimate of drug-likeness (QED) is 0.812. The van der Waals surface area contributed by atoms with Crippen LogP contribution in [0.2, 0.25) is 0 Å². The summed E-state index contributed by atoms with van der Waals surface area (Å²) in [5, 5.41) is 8.30. The van der Waals surface area contributed by atoms with E-state index >= 15 is 0 Å². The van der Waals surface area contributed by atoms with Crippen molar-refractivity contribution in [1.82, 2.24) is 10.3 Å². The molecule has 0 spiro atoms. The van der Waals surface area contributed by atoms with Crippen LogP contribution in [0.4, 0.5) is 5.13 Å². The Hall–Kier alpha value is -1.63. The van der Waals surface area contributed by atoms with Gasteiger partial charge in [-0.25, -0.2) is 4.98 Å². The molecule has 0 aliphatic carbocycles. The van der Waals surface area contributed by atoms with Crippen molar-refractivity contribution in [3.8, 4) is 17.0 Å². The van der Waals surface area contributed by atoms with E-state index in [9.17, 15) is 4.79 Å². The van der Waals surface area contributed by atoms with Gasteiger partial charge in [0.25, 0.3) is 0 Å². The molecule has 5 nitrogen and oxygen atoms in total. The zero-order valence-electron chi connectivity index (χ0n) is 12.6. The van der Waals surface area contributed by atoms with E-state index in [0.717, 1.165) is 17.0 Å². The lowest BCUT2D eigenvalue weighted by Gasteiger charge is -2.03. The molecule has 22 heavy (non-hydrogen) atoms. The number of thiazole rings is 1. The number of rotatable bonds is 7. The summed E-state index contributed by atoms with van der Waals surface area (Å²) in [7, 11) is 1.82. The van der Waals surface area contributed by atoms with Gasteiger partial charge in [0.05, 0.1) is 12.3 Å². The fourth-order valence-electron chi connectivity index (χ4n) is 1.77. The Morgan fingerprint density at radius 1 is 1.32 bits per heavy atom. The Bertz CT molecular complexity index is 587. The number of carbonyl (C=O) groups excluding carboxylic acids is 1. The minimum atomic E-state index is -0.0306. The third kappa shape index (κ3) is 5.29. The molecule has 0 aliphatic heterocycles. The first-order chi connectivity index (χ1) is 10.2. The minimum absolute atomic E-state index is 0. The van der Waals surface area contributed by atoms with Crippen LogP contribution in [0.3, 0.4) is 0 Å². The number of benzene rings is 1. The van der Waals surface area contributed by atoms with Gasteiger partial charge in [-0.05, 0) is 38.2 Å². The average molecular weight is 342 g/mol. The lowest BCUT2D eigenvalue weighted by Crippen LogP contribution is -2.18. The van der Waals surface area contributed by atoms with Gasteiger partial charge in [-0.2, -0.15) is 0 Å². The average Bonchev–Trinajstić information content (AvgIpc) is 2.94. The Balaban J connectivity index is 0.00000242. The van der Waals surface area contributed by atoms with Crippen LogP contribution in [-0.2, 0) is 4.79 Å². The maximum Gasteiger partial charge on any atom is 0.227 e. The lowest BCUT2D eigenvalue weighted by molar-refractivity contribution is -0.116. The fourth-order valence-corrected chi connectivity index (χ4v) is 2.51. The highest BCUT2D eigenvalue weighted by molar-refractivity contribution is 7.14. The predicted molar refractivity (Wildman–Crippen MR) is 93.1 cm³/mol. The number of nitrogens with zero attached hydrogens (tertiary/aromatic N) is 1. The number of anilines is 1. The molecule has 1 amide bonds. The number of amides is 1. The van der Waals surface area contributed by atoms with Crippen molar-refractivity contribution in [3.05, 3.63) is 29.6 Å². The van der Waals surface area contributed by atoms with Crippen molar-refractivity contribution in [2.75, 3.05) is 25.5 Å². The topological polar surface area (TPSA) is 63.2 Å². The highest BCUT2D eigenvalue weighted by atomic mass is 35.5. The van der Waals surface area contributed by atoms with Gasteiger partial charge in [0.15, 0.2) is 5.13 Å². The first-order valence-electron chi connectivity index (χ1n) is 6.86. The summed E-state index contributed by atoms with van der Waals surface area (Å²) < 4.78 is 5.41. The highest BCUT2D eigenvalue weighted by Gasteiger charge is 2.08. The van der Waals surface area contributed by atoms with Crippen LogP contribution in [-0.4, -0.2) is 31.1 Å². The molecule has 1 heterocycles. The molecule has 1 aromatic carbocycles. The van der Waals surface area contributed by atoms with Crippen LogP contribution in [0.25, 0.3) is 11.3 Å². The molecule has 7 heteroatoms. The summed E-state index contributed by atoms with van der Waals surface area (Å²) in [4.78, 5) is 16.1. The summed E-state index contributed by atoms with van der Waals surface area (Å²) in [6, 6.07) is 7.77. The lowest BCUT2D eigenvalue weighted by atomic mass is 10.2. The number of carbonyl (C=O) groups is 1. The number of hydrogen-bond acceptors (Lipinski definition) is 5. The highest BCUT2D eigenvalue weighted by Crippen LogP contribution is 2.26. The van der Waals surface area contributed by atoms with Gasteiger partial charge < -0.3 is 15.4 Å². The number of ether oxygens (including phenoxy) is 1. The number of hydrogen-bond donors (Lipinski definition) is 2. The summed E-state index contributed by atoms with van der Waals surface area (Å²) in [6.45, 7) is 3.26. The van der Waals surface area contributed by atoms with Crippen molar-refractivity contribution in [3.63, 3.8) is 0 Å². The van der Waals surface area contributed by atoms with Crippen molar-refractivity contribution >= 4 is 34.8 Å². The van der Waals surface area contributed by atoms with E-state index in [2.05, 4.69) is 15.6 Å². The van der Waals surface area contributed by atoms with Crippen LogP contribution < -0.4 is 15.4 Å². The summed E-state index contributed by atoms with van der Waals surface area (Å²) in [6.07, 6.45) is 0.439. The van der Waals surface area contributed by atoms with Gasteiger partial charge in [0, 0.05) is 23.9 Å². The molecule has 0 aliphatic rings. The minimum Gasteiger partial charge on any atom is -0.494 e. The molecule has 0 radical (unpaired) electrons. The van der Waals surface area contributed by atoms with Gasteiger partial charge >= 0.3 is 0 Å². The standard InChI is InChI=1S/C15H19N3O2S.ClH/c1-3-20-12-6-4-11(5-7-12)13-10-21-15(17-13)18-14(19)8-9-16-2;/h4-7,10,16H,3,8-9H2,1-2H3,(H,17,18,19);1H. The smallest absolute Gasteiger partial charge is 0.227 e. The molecular formula is C15H20ClN3O2S. The van der Waals surface area contributed by atoms with Crippen LogP contribution in [0.5, 0.6) is 5.75 Å². The van der Waals surface area contributed by atoms with Crippen LogP contribution in [0.1, 0.15) is 13.3 Å². The van der Waals surface area contributed by atoms with E-state index in [-0.39, 0.29) is 18.3 Å². The molecule has 0 bridgehead atoms. The van der Waals surface area contributed by atoms with E-state index in [0.29, 0.717) is 24.7 Å². The number of aromatic nitrogens is 1. The second-order valence-electron chi connectivity index (χ2n) is 4.40. The molecule has 2 aromatic rings. The Labute approximate surface area is 140 Å². The van der Waals surface area contributed by atoms with Gasteiger partial charge in [0.2, 0.25) is 5.91 Å². The second-order valence-corrected chi connectivity index (χ2v) is 5.26. The molecule has 2 rings (SSSR count). The van der Waals surface area contributed by atoms with Crippen LogP contribution >= 0.6 is 23.7 Å². The first kappa shape index (κ1) is 18.4. The third-order valence-electron chi connectivity index (χ3n) is 2.81. The van der Waals surface area contributed by atoms with Crippen molar-refractivity contribution in [2.24, 2.45) is 0 Å². The second kappa shape index (κ2) is 9.40. The monoisotopic (exact) mass is 341 g/mol. The SMILES string of the molecule is CCOc1ccc(-c2csc(NC(=O)CCNC)n2)cc1.Cl. The van der Waals surface area contributed by atoms with E-state index in [4.69, 9.17) is 4.74 Å². The maximum atomic E-state index is 11.6. The van der Waals surface area contributed by atoms with E-state index in [1.54, 1.807) is 0 Å². The molecule has 0 fully saturated rings. The maximum absolute atomic E-state index is 11.6. The van der Waals surface area contributed by atoms with Gasteiger partial charge in [-0.3, -0.25) is 4.79 Å². The number of nitrogens with one attached hydrogen (secondary N) is 2. The third-order valence-corrected chi connectivity index (χ3v) is 3.57. The summed E-state index contributed by atoms with van der Waals surface area (Å²) in [5.74, 6) is 0.814. The van der Waals surface area contributed by atoms with E-state index in [1.807, 2.05) is 43.6 Å². The van der Waals surface area contributed by atoms with Gasteiger partial charge in [0.1, 0.15) is 5.75 Å². The van der Waals surface area contributed by atoms with Crippen LogP contribution in [0.15, 0.2) is 29.6 Å². The molecule has 0 atom stereocenters. The molecule has 0 saturated carbocycles. The van der Waals surface area contributed by atoms with E-state index in [1.165, 1.54) is 11.3 Å². The van der Waals surface area contributed by atoms with E-state index < -0.39 is 0 Å². The normalized spacial score (nSPS) is 9.91. The predicted octanol–water partition coefficient (Wildman–Crippen LogP) is 3.18. The molecular weight excluding hydrogens is 322 g/mol. The zero-order chi connectivity index (χ0) is 15.1. The molecule has 2 N–H and O–H groups in total. The van der Waals surface area contributed by atoms with Gasteiger partial charge in [-0.15, -0.1) is 23.7 Å².